The van der Waals surface area contributed by atoms with Gasteiger partial charge in [-0.25, -0.2) is 9.18 Å². The largest absolute Gasteiger partial charge is 0.481 e. The first-order valence-corrected chi connectivity index (χ1v) is 8.84. The lowest BCUT2D eigenvalue weighted by atomic mass is 10.1. The molecule has 0 radical (unpaired) electrons. The van der Waals surface area contributed by atoms with E-state index in [1.54, 1.807) is 42.5 Å². The van der Waals surface area contributed by atoms with Crippen LogP contribution in [0, 0.1) is 11.7 Å². The van der Waals surface area contributed by atoms with E-state index in [-0.39, 0.29) is 30.8 Å². The highest BCUT2D eigenvalue weighted by molar-refractivity contribution is 5.95. The molecular formula is C20H20FN3O4. The van der Waals surface area contributed by atoms with Crippen molar-refractivity contribution >= 4 is 23.6 Å². The molecule has 0 saturated carbocycles. The lowest BCUT2D eigenvalue weighted by molar-refractivity contribution is -0.141. The number of anilines is 1. The quantitative estimate of drug-likeness (QED) is 0.737. The smallest absolute Gasteiger partial charge is 0.321 e. The molecule has 1 aliphatic rings. The van der Waals surface area contributed by atoms with Crippen LogP contribution in [-0.2, 0) is 11.3 Å². The molecule has 1 saturated heterocycles. The number of carboxylic acids is 1. The predicted octanol–water partition coefficient (Wildman–Crippen LogP) is 2.69. The van der Waals surface area contributed by atoms with Crippen molar-refractivity contribution in [1.82, 2.24) is 10.2 Å². The molecule has 0 spiro atoms. The van der Waals surface area contributed by atoms with Gasteiger partial charge in [0, 0.05) is 36.4 Å². The van der Waals surface area contributed by atoms with Gasteiger partial charge < -0.3 is 20.6 Å². The Kier molecular flexibility index (Phi) is 5.88. The van der Waals surface area contributed by atoms with E-state index >= 15 is 0 Å². The van der Waals surface area contributed by atoms with Gasteiger partial charge in [0.25, 0.3) is 5.91 Å². The Morgan fingerprint density at radius 3 is 2.46 bits per heavy atom. The first-order chi connectivity index (χ1) is 13.4. The molecule has 8 heteroatoms. The summed E-state index contributed by atoms with van der Waals surface area (Å²) >= 11 is 0. The minimum absolute atomic E-state index is 0.0731. The van der Waals surface area contributed by atoms with Gasteiger partial charge in [-0.3, -0.25) is 9.59 Å². The third kappa shape index (κ3) is 4.64. The van der Waals surface area contributed by atoms with Crippen LogP contribution in [-0.4, -0.2) is 41.0 Å². The van der Waals surface area contributed by atoms with Crippen molar-refractivity contribution in [2.45, 2.75) is 13.0 Å². The van der Waals surface area contributed by atoms with Gasteiger partial charge in [0.15, 0.2) is 0 Å². The molecule has 1 fully saturated rings. The summed E-state index contributed by atoms with van der Waals surface area (Å²) in [6.45, 7) is 0.640. The van der Waals surface area contributed by atoms with Gasteiger partial charge in [-0.15, -0.1) is 0 Å². The van der Waals surface area contributed by atoms with E-state index in [0.717, 1.165) is 0 Å². The molecule has 1 atom stereocenters. The molecule has 3 N–H and O–H groups in total. The van der Waals surface area contributed by atoms with Crippen LogP contribution >= 0.6 is 0 Å². The second-order valence-corrected chi connectivity index (χ2v) is 6.55. The second kappa shape index (κ2) is 8.51. The monoisotopic (exact) mass is 385 g/mol. The molecule has 28 heavy (non-hydrogen) atoms. The zero-order valence-corrected chi connectivity index (χ0v) is 15.0. The maximum absolute atomic E-state index is 13.6. The topological polar surface area (TPSA) is 98.7 Å². The molecule has 2 aromatic rings. The third-order valence-corrected chi connectivity index (χ3v) is 4.62. The molecule has 1 heterocycles. The van der Waals surface area contributed by atoms with Crippen LogP contribution in [0.25, 0.3) is 0 Å². The van der Waals surface area contributed by atoms with Gasteiger partial charge in [-0.05, 0) is 36.8 Å². The summed E-state index contributed by atoms with van der Waals surface area (Å²) in [7, 11) is 0. The minimum atomic E-state index is -0.902. The molecular weight excluding hydrogens is 365 g/mol. The van der Waals surface area contributed by atoms with Crippen LogP contribution in [0.5, 0.6) is 0 Å². The van der Waals surface area contributed by atoms with Gasteiger partial charge in [0.1, 0.15) is 5.82 Å². The molecule has 0 bridgehead atoms. The number of carboxylic acid groups (broad SMARTS) is 1. The Morgan fingerprint density at radius 2 is 1.82 bits per heavy atom. The number of hydrogen-bond donors (Lipinski definition) is 3. The van der Waals surface area contributed by atoms with Gasteiger partial charge in [-0.2, -0.15) is 0 Å². The summed E-state index contributed by atoms with van der Waals surface area (Å²) in [6, 6.07) is 12.1. The normalized spacial score (nSPS) is 15.9. The van der Waals surface area contributed by atoms with E-state index in [4.69, 9.17) is 5.11 Å². The molecule has 3 rings (SSSR count). The maximum atomic E-state index is 13.6. The lowest BCUT2D eigenvalue weighted by Crippen LogP contribution is -2.33. The molecule has 2 aromatic carbocycles. The van der Waals surface area contributed by atoms with E-state index in [2.05, 4.69) is 10.6 Å². The van der Waals surface area contributed by atoms with E-state index in [1.165, 1.54) is 11.0 Å². The Labute approximate surface area is 161 Å². The van der Waals surface area contributed by atoms with E-state index in [0.29, 0.717) is 29.8 Å². The Bertz CT molecular complexity index is 885. The van der Waals surface area contributed by atoms with Gasteiger partial charge in [-0.1, -0.05) is 18.2 Å². The standard InChI is InChI=1S/C20H20FN3O4/c21-17-4-2-1-3-14(17)11-22-18(25)13-5-7-16(8-6-13)23-20(28)24-10-9-15(12-24)19(26)27/h1-8,15H,9-12H2,(H,22,25)(H,23,28)(H,26,27). The zero-order chi connectivity index (χ0) is 20.1. The highest BCUT2D eigenvalue weighted by Crippen LogP contribution is 2.18. The number of rotatable bonds is 5. The van der Waals surface area contributed by atoms with Gasteiger partial charge in [0.05, 0.1) is 5.92 Å². The fourth-order valence-corrected chi connectivity index (χ4v) is 2.97. The van der Waals surface area contributed by atoms with Crippen molar-refractivity contribution in [2.75, 3.05) is 18.4 Å². The number of benzene rings is 2. The van der Waals surface area contributed by atoms with Crippen molar-refractivity contribution in [3.05, 3.63) is 65.5 Å². The molecule has 7 nitrogen and oxygen atoms in total. The van der Waals surface area contributed by atoms with Crippen molar-refractivity contribution in [2.24, 2.45) is 5.92 Å². The molecule has 1 unspecified atom stereocenters. The van der Waals surface area contributed by atoms with Crippen LogP contribution in [0.1, 0.15) is 22.3 Å². The summed E-state index contributed by atoms with van der Waals surface area (Å²) in [5.74, 6) is -2.18. The summed E-state index contributed by atoms with van der Waals surface area (Å²) in [6.07, 6.45) is 0.434. The average molecular weight is 385 g/mol. The van der Waals surface area contributed by atoms with Gasteiger partial charge >= 0.3 is 12.0 Å². The highest BCUT2D eigenvalue weighted by Gasteiger charge is 2.30. The molecule has 3 amide bonds. The van der Waals surface area contributed by atoms with Crippen LogP contribution in [0.3, 0.4) is 0 Å². The lowest BCUT2D eigenvalue weighted by Gasteiger charge is -2.16. The van der Waals surface area contributed by atoms with E-state index < -0.39 is 11.9 Å². The maximum Gasteiger partial charge on any atom is 0.321 e. The number of urea groups is 1. The summed E-state index contributed by atoms with van der Waals surface area (Å²) < 4.78 is 13.6. The van der Waals surface area contributed by atoms with Crippen LogP contribution in [0.4, 0.5) is 14.9 Å². The number of hydrogen-bond acceptors (Lipinski definition) is 3. The Hall–Kier alpha value is -3.42. The van der Waals surface area contributed by atoms with Crippen molar-refractivity contribution in [3.8, 4) is 0 Å². The van der Waals surface area contributed by atoms with Crippen molar-refractivity contribution < 1.29 is 23.9 Å². The van der Waals surface area contributed by atoms with Gasteiger partial charge in [0.2, 0.25) is 0 Å². The minimum Gasteiger partial charge on any atom is -0.481 e. The van der Waals surface area contributed by atoms with E-state index in [9.17, 15) is 18.8 Å². The van der Waals surface area contributed by atoms with Crippen LogP contribution < -0.4 is 10.6 Å². The second-order valence-electron chi connectivity index (χ2n) is 6.55. The zero-order valence-electron chi connectivity index (χ0n) is 15.0. The summed E-state index contributed by atoms with van der Waals surface area (Å²) in [5.41, 5.74) is 1.26. The Morgan fingerprint density at radius 1 is 1.11 bits per heavy atom. The number of halogens is 1. The number of likely N-dealkylation sites (tertiary alicyclic amines) is 1. The molecule has 1 aliphatic heterocycles. The fourth-order valence-electron chi connectivity index (χ4n) is 2.97. The number of carbonyl (C=O) groups excluding carboxylic acids is 2. The highest BCUT2D eigenvalue weighted by atomic mass is 19.1. The fraction of sp³-hybridized carbons (Fsp3) is 0.250. The van der Waals surface area contributed by atoms with Crippen molar-refractivity contribution in [3.63, 3.8) is 0 Å². The van der Waals surface area contributed by atoms with Crippen molar-refractivity contribution in [1.29, 1.82) is 0 Å². The summed E-state index contributed by atoms with van der Waals surface area (Å²) in [5, 5.41) is 14.3. The SMILES string of the molecule is O=C(NCc1ccccc1F)c1ccc(NC(=O)N2CCC(C(=O)O)C2)cc1. The number of nitrogens with zero attached hydrogens (tertiary/aromatic N) is 1. The third-order valence-electron chi connectivity index (χ3n) is 4.62. The number of amides is 3. The number of carbonyl (C=O) groups is 3. The average Bonchev–Trinajstić information content (AvgIpc) is 3.18. The van der Waals surface area contributed by atoms with Crippen LogP contribution in [0.15, 0.2) is 48.5 Å². The summed E-state index contributed by atoms with van der Waals surface area (Å²) in [4.78, 5) is 36.8. The molecule has 0 aliphatic carbocycles. The molecule has 146 valence electrons. The molecule has 0 aromatic heterocycles. The first kappa shape index (κ1) is 19.3. The Balaban J connectivity index is 1.53. The van der Waals surface area contributed by atoms with Crippen LogP contribution in [0.2, 0.25) is 0 Å². The number of nitrogens with one attached hydrogen (secondary N) is 2. The predicted molar refractivity (Wildman–Crippen MR) is 100 cm³/mol. The number of aliphatic carboxylic acids is 1. The van der Waals surface area contributed by atoms with E-state index in [1.807, 2.05) is 0 Å². The first-order valence-electron chi connectivity index (χ1n) is 8.84.